The normalized spacial score (nSPS) is 9.55. The van der Waals surface area contributed by atoms with E-state index in [0.717, 1.165) is 31.9 Å². The number of ether oxygens (including phenoxy) is 1. The van der Waals surface area contributed by atoms with Crippen molar-refractivity contribution in [2.75, 3.05) is 26.3 Å². The molecule has 0 aromatic heterocycles. The lowest BCUT2D eigenvalue weighted by atomic mass is 10.3. The van der Waals surface area contributed by atoms with Gasteiger partial charge in [0, 0.05) is 19.7 Å². The molecule has 0 aliphatic carbocycles. The van der Waals surface area contributed by atoms with Gasteiger partial charge in [0.1, 0.15) is 0 Å². The van der Waals surface area contributed by atoms with Crippen LogP contribution in [-0.4, -0.2) is 26.3 Å². The van der Waals surface area contributed by atoms with Crippen molar-refractivity contribution in [2.45, 2.75) is 6.92 Å². The summed E-state index contributed by atoms with van der Waals surface area (Å²) in [6.45, 7) is 12.6. The average Bonchev–Trinajstić information content (AvgIpc) is 2.04. The SMILES string of the molecule is C=CC(=C)CNCCOCC. The number of rotatable bonds is 7. The van der Waals surface area contributed by atoms with Gasteiger partial charge in [-0.1, -0.05) is 19.2 Å². The van der Waals surface area contributed by atoms with Gasteiger partial charge in [0.2, 0.25) is 0 Å². The van der Waals surface area contributed by atoms with Crippen LogP contribution in [0, 0.1) is 0 Å². The molecule has 0 saturated heterocycles. The van der Waals surface area contributed by atoms with Crippen LogP contribution in [0.25, 0.3) is 0 Å². The first-order valence-electron chi connectivity index (χ1n) is 3.90. The van der Waals surface area contributed by atoms with Crippen molar-refractivity contribution < 1.29 is 4.74 Å². The molecular formula is C9H17NO. The van der Waals surface area contributed by atoms with Crippen LogP contribution < -0.4 is 5.32 Å². The Bertz CT molecular complexity index is 121. The second-order valence-electron chi connectivity index (χ2n) is 2.24. The van der Waals surface area contributed by atoms with Gasteiger partial charge in [0.25, 0.3) is 0 Å². The molecule has 0 heterocycles. The van der Waals surface area contributed by atoms with Gasteiger partial charge in [-0.25, -0.2) is 0 Å². The Kier molecular flexibility index (Phi) is 7.10. The average molecular weight is 155 g/mol. The van der Waals surface area contributed by atoms with E-state index in [0.29, 0.717) is 0 Å². The van der Waals surface area contributed by atoms with Crippen LogP contribution in [0.15, 0.2) is 24.8 Å². The van der Waals surface area contributed by atoms with E-state index < -0.39 is 0 Å². The minimum atomic E-state index is 0.765. The van der Waals surface area contributed by atoms with Gasteiger partial charge in [-0.15, -0.1) is 0 Å². The van der Waals surface area contributed by atoms with Crippen LogP contribution in [0.5, 0.6) is 0 Å². The lowest BCUT2D eigenvalue weighted by Crippen LogP contribution is -2.21. The molecule has 11 heavy (non-hydrogen) atoms. The fourth-order valence-corrected chi connectivity index (χ4v) is 0.610. The molecule has 0 radical (unpaired) electrons. The molecule has 2 nitrogen and oxygen atoms in total. The van der Waals surface area contributed by atoms with Crippen molar-refractivity contribution in [1.82, 2.24) is 5.32 Å². The summed E-state index contributed by atoms with van der Waals surface area (Å²) >= 11 is 0. The molecule has 0 aliphatic rings. The molecule has 0 fully saturated rings. The summed E-state index contributed by atoms with van der Waals surface area (Å²) in [6, 6.07) is 0. The van der Waals surface area contributed by atoms with E-state index in [1.807, 2.05) is 6.92 Å². The zero-order chi connectivity index (χ0) is 8.53. The molecule has 0 unspecified atom stereocenters. The second kappa shape index (κ2) is 7.51. The van der Waals surface area contributed by atoms with Crippen LogP contribution >= 0.6 is 0 Å². The highest BCUT2D eigenvalue weighted by atomic mass is 16.5. The van der Waals surface area contributed by atoms with Gasteiger partial charge in [-0.3, -0.25) is 0 Å². The van der Waals surface area contributed by atoms with E-state index in [-0.39, 0.29) is 0 Å². The molecular weight excluding hydrogens is 138 g/mol. The molecule has 1 N–H and O–H groups in total. The first kappa shape index (κ1) is 10.4. The predicted molar refractivity (Wildman–Crippen MR) is 48.7 cm³/mol. The highest BCUT2D eigenvalue weighted by Gasteiger charge is 1.87. The Hall–Kier alpha value is -0.600. The Morgan fingerprint density at radius 2 is 2.36 bits per heavy atom. The predicted octanol–water partition coefficient (Wildman–Crippen LogP) is 1.35. The summed E-state index contributed by atoms with van der Waals surface area (Å²) in [7, 11) is 0. The highest BCUT2D eigenvalue weighted by molar-refractivity contribution is 5.12. The monoisotopic (exact) mass is 155 g/mol. The smallest absolute Gasteiger partial charge is 0.0590 e. The minimum absolute atomic E-state index is 0.765. The molecule has 2 heteroatoms. The molecule has 0 aliphatic heterocycles. The van der Waals surface area contributed by atoms with Gasteiger partial charge < -0.3 is 10.1 Å². The Labute approximate surface area is 68.9 Å². The molecule has 0 aromatic carbocycles. The van der Waals surface area contributed by atoms with E-state index in [9.17, 15) is 0 Å². The number of hydrogen-bond acceptors (Lipinski definition) is 2. The summed E-state index contributed by atoms with van der Waals surface area (Å²) in [5.41, 5.74) is 1.02. The van der Waals surface area contributed by atoms with Crippen molar-refractivity contribution in [2.24, 2.45) is 0 Å². The lowest BCUT2D eigenvalue weighted by molar-refractivity contribution is 0.150. The highest BCUT2D eigenvalue weighted by Crippen LogP contribution is 1.85. The van der Waals surface area contributed by atoms with Crippen molar-refractivity contribution in [1.29, 1.82) is 0 Å². The summed E-state index contributed by atoms with van der Waals surface area (Å²) in [6.07, 6.45) is 1.76. The van der Waals surface area contributed by atoms with Gasteiger partial charge in [0.05, 0.1) is 6.61 Å². The van der Waals surface area contributed by atoms with E-state index >= 15 is 0 Å². The Morgan fingerprint density at radius 1 is 1.64 bits per heavy atom. The van der Waals surface area contributed by atoms with E-state index in [1.54, 1.807) is 6.08 Å². The van der Waals surface area contributed by atoms with Crippen molar-refractivity contribution in [3.05, 3.63) is 24.8 Å². The standard InChI is InChI=1S/C9H17NO/c1-4-9(3)8-10-6-7-11-5-2/h4,10H,1,3,5-8H2,2H3. The summed E-state index contributed by atoms with van der Waals surface area (Å²) in [4.78, 5) is 0. The molecule has 0 bridgehead atoms. The molecule has 0 amide bonds. The van der Waals surface area contributed by atoms with Gasteiger partial charge in [0.15, 0.2) is 0 Å². The summed E-state index contributed by atoms with van der Waals surface area (Å²) in [5, 5.41) is 3.18. The van der Waals surface area contributed by atoms with E-state index in [4.69, 9.17) is 4.74 Å². The third-order valence-corrected chi connectivity index (χ3v) is 1.27. The van der Waals surface area contributed by atoms with Gasteiger partial charge >= 0.3 is 0 Å². The Morgan fingerprint density at radius 3 is 2.91 bits per heavy atom. The van der Waals surface area contributed by atoms with Crippen LogP contribution in [-0.2, 0) is 4.74 Å². The molecule has 0 rings (SSSR count). The fraction of sp³-hybridized carbons (Fsp3) is 0.556. The van der Waals surface area contributed by atoms with E-state index in [2.05, 4.69) is 18.5 Å². The number of hydrogen-bond donors (Lipinski definition) is 1. The van der Waals surface area contributed by atoms with Crippen molar-refractivity contribution >= 4 is 0 Å². The third kappa shape index (κ3) is 7.30. The maximum atomic E-state index is 5.13. The maximum Gasteiger partial charge on any atom is 0.0590 e. The van der Waals surface area contributed by atoms with Crippen molar-refractivity contribution in [3.8, 4) is 0 Å². The first-order valence-corrected chi connectivity index (χ1v) is 3.90. The third-order valence-electron chi connectivity index (χ3n) is 1.27. The zero-order valence-corrected chi connectivity index (χ0v) is 7.23. The topological polar surface area (TPSA) is 21.3 Å². The fourth-order valence-electron chi connectivity index (χ4n) is 0.610. The molecule has 64 valence electrons. The molecule has 0 aromatic rings. The van der Waals surface area contributed by atoms with Crippen molar-refractivity contribution in [3.63, 3.8) is 0 Å². The quantitative estimate of drug-likeness (QED) is 0.442. The van der Waals surface area contributed by atoms with Gasteiger partial charge in [-0.2, -0.15) is 0 Å². The zero-order valence-electron chi connectivity index (χ0n) is 7.23. The maximum absolute atomic E-state index is 5.13. The largest absolute Gasteiger partial charge is 0.380 e. The van der Waals surface area contributed by atoms with Crippen LogP contribution in [0.1, 0.15) is 6.92 Å². The van der Waals surface area contributed by atoms with Gasteiger partial charge in [-0.05, 0) is 12.5 Å². The molecule has 0 atom stereocenters. The van der Waals surface area contributed by atoms with Crippen LogP contribution in [0.4, 0.5) is 0 Å². The second-order valence-corrected chi connectivity index (χ2v) is 2.24. The summed E-state index contributed by atoms with van der Waals surface area (Å²) in [5.74, 6) is 0. The lowest BCUT2D eigenvalue weighted by Gasteiger charge is -2.03. The van der Waals surface area contributed by atoms with Crippen LogP contribution in [0.2, 0.25) is 0 Å². The first-order chi connectivity index (χ1) is 5.31. The molecule has 0 saturated carbocycles. The number of nitrogens with one attached hydrogen (secondary N) is 1. The van der Waals surface area contributed by atoms with E-state index in [1.165, 1.54) is 0 Å². The minimum Gasteiger partial charge on any atom is -0.380 e. The van der Waals surface area contributed by atoms with Crippen LogP contribution in [0.3, 0.4) is 0 Å². The Balaban J connectivity index is 3.01. The molecule has 0 spiro atoms. The summed E-state index contributed by atoms with van der Waals surface area (Å²) < 4.78 is 5.13.